The Kier molecular flexibility index (Phi) is 4.50. The molecule has 1 aromatic rings. The number of allylic oxidation sites excluding steroid dienone is 4. The third-order valence-corrected chi connectivity index (χ3v) is 1.79. The fourth-order valence-corrected chi connectivity index (χ4v) is 0.989. The molecule has 0 unspecified atom stereocenters. The maximum absolute atomic E-state index is 10.3. The van der Waals surface area contributed by atoms with E-state index in [1.54, 1.807) is 18.2 Å². The summed E-state index contributed by atoms with van der Waals surface area (Å²) in [5.41, 5.74) is 0.137. The number of hydrogen-bond donors (Lipinski definition) is 0. The lowest BCUT2D eigenvalue weighted by atomic mass is 10.2. The zero-order valence-electron chi connectivity index (χ0n) is 8.78. The lowest BCUT2D eigenvalue weighted by Gasteiger charge is -1.87. The fourth-order valence-electron chi connectivity index (χ4n) is 0.989. The summed E-state index contributed by atoms with van der Waals surface area (Å²) >= 11 is 0. The topological polar surface area (TPSA) is 77.3 Å². The molecule has 1 aliphatic rings. The smallest absolute Gasteiger partial charge is 0.269 e. The monoisotopic (exact) mass is 231 g/mol. The summed E-state index contributed by atoms with van der Waals surface area (Å²) in [6, 6.07) is 7.93. The van der Waals surface area contributed by atoms with Gasteiger partial charge in [0.1, 0.15) is 0 Å². The van der Waals surface area contributed by atoms with Crippen LogP contribution in [0, 0.1) is 10.1 Å². The summed E-state index contributed by atoms with van der Waals surface area (Å²) < 4.78 is 0. The first-order valence-corrected chi connectivity index (χ1v) is 4.73. The number of nitro groups is 1. The largest absolute Gasteiger partial charge is 0.290 e. The Morgan fingerprint density at radius 3 is 1.53 bits per heavy atom. The summed E-state index contributed by atoms with van der Waals surface area (Å²) in [7, 11) is 0. The van der Waals surface area contributed by atoms with Crippen LogP contribution >= 0.6 is 0 Å². The van der Waals surface area contributed by atoms with Crippen molar-refractivity contribution >= 4 is 17.3 Å². The van der Waals surface area contributed by atoms with Crippen LogP contribution in [0.5, 0.6) is 0 Å². The number of ketones is 2. The molecule has 0 N–H and O–H groups in total. The normalized spacial score (nSPS) is 12.9. The van der Waals surface area contributed by atoms with Crippen LogP contribution in [-0.4, -0.2) is 16.5 Å². The van der Waals surface area contributed by atoms with Gasteiger partial charge >= 0.3 is 0 Å². The fraction of sp³-hybridized carbons (Fsp3) is 0. The predicted molar refractivity (Wildman–Crippen MR) is 61.4 cm³/mol. The van der Waals surface area contributed by atoms with Crippen LogP contribution in [0.15, 0.2) is 54.6 Å². The zero-order valence-corrected chi connectivity index (χ0v) is 8.78. The van der Waals surface area contributed by atoms with Gasteiger partial charge in [-0.05, 0) is 24.3 Å². The third-order valence-electron chi connectivity index (χ3n) is 1.79. The SMILES string of the molecule is O=C1C=CC(=O)C=C1.O=[N+]([O-])c1ccccc1. The molecule has 0 amide bonds. The molecule has 5 nitrogen and oxygen atoms in total. The van der Waals surface area contributed by atoms with Crippen molar-refractivity contribution in [3.63, 3.8) is 0 Å². The van der Waals surface area contributed by atoms with Gasteiger partial charge in [-0.1, -0.05) is 18.2 Å². The van der Waals surface area contributed by atoms with Gasteiger partial charge in [-0.25, -0.2) is 0 Å². The first-order chi connectivity index (χ1) is 8.09. The molecule has 0 atom stereocenters. The highest BCUT2D eigenvalue weighted by Gasteiger charge is 1.99. The van der Waals surface area contributed by atoms with Gasteiger partial charge in [-0.15, -0.1) is 0 Å². The highest BCUT2D eigenvalue weighted by Crippen LogP contribution is 2.06. The van der Waals surface area contributed by atoms with Crippen molar-refractivity contribution in [2.75, 3.05) is 0 Å². The van der Waals surface area contributed by atoms with Gasteiger partial charge in [-0.3, -0.25) is 19.7 Å². The van der Waals surface area contributed by atoms with Crippen molar-refractivity contribution in [1.29, 1.82) is 0 Å². The van der Waals surface area contributed by atoms with Crippen LogP contribution in [0.25, 0.3) is 0 Å². The van der Waals surface area contributed by atoms with Crippen molar-refractivity contribution in [2.45, 2.75) is 0 Å². The van der Waals surface area contributed by atoms with Crippen molar-refractivity contribution in [2.24, 2.45) is 0 Å². The van der Waals surface area contributed by atoms with Gasteiger partial charge < -0.3 is 0 Å². The molecule has 5 heteroatoms. The van der Waals surface area contributed by atoms with Gasteiger partial charge in [0, 0.05) is 12.1 Å². The van der Waals surface area contributed by atoms with Crippen LogP contribution in [0.1, 0.15) is 0 Å². The van der Waals surface area contributed by atoms with Crippen LogP contribution in [-0.2, 0) is 9.59 Å². The molecule has 0 bridgehead atoms. The molecular formula is C12H9NO4. The zero-order chi connectivity index (χ0) is 12.7. The number of rotatable bonds is 1. The molecule has 0 heterocycles. The van der Waals surface area contributed by atoms with Crippen molar-refractivity contribution < 1.29 is 14.5 Å². The number of non-ortho nitro benzene ring substituents is 1. The van der Waals surface area contributed by atoms with E-state index >= 15 is 0 Å². The lowest BCUT2D eigenvalue weighted by Crippen LogP contribution is -1.97. The second-order valence-corrected chi connectivity index (χ2v) is 3.06. The summed E-state index contributed by atoms with van der Waals surface area (Å²) in [4.78, 5) is 30.2. The van der Waals surface area contributed by atoms with Crippen molar-refractivity contribution in [3.8, 4) is 0 Å². The molecule has 0 saturated heterocycles. The van der Waals surface area contributed by atoms with Gasteiger partial charge in [0.05, 0.1) is 4.92 Å². The number of carbonyl (C=O) groups excluding carboxylic acids is 2. The van der Waals surface area contributed by atoms with E-state index in [1.165, 1.54) is 36.4 Å². The predicted octanol–water partition coefficient (Wildman–Crippen LogP) is 1.85. The van der Waals surface area contributed by atoms with E-state index in [4.69, 9.17) is 0 Å². The molecule has 0 saturated carbocycles. The molecule has 17 heavy (non-hydrogen) atoms. The molecule has 0 spiro atoms. The molecule has 0 aliphatic heterocycles. The molecule has 1 aromatic carbocycles. The number of carbonyl (C=O) groups is 2. The van der Waals surface area contributed by atoms with Gasteiger partial charge in [0.25, 0.3) is 5.69 Å². The second kappa shape index (κ2) is 6.12. The highest BCUT2D eigenvalue weighted by molar-refractivity contribution is 6.14. The van der Waals surface area contributed by atoms with E-state index < -0.39 is 4.92 Å². The second-order valence-electron chi connectivity index (χ2n) is 3.06. The summed E-state index contributed by atoms with van der Waals surface area (Å²) in [5, 5.41) is 10.0. The van der Waals surface area contributed by atoms with E-state index in [-0.39, 0.29) is 17.3 Å². The van der Waals surface area contributed by atoms with Crippen LogP contribution < -0.4 is 0 Å². The van der Waals surface area contributed by atoms with E-state index in [2.05, 4.69) is 0 Å². The Labute approximate surface area is 97.2 Å². The Morgan fingerprint density at radius 1 is 0.824 bits per heavy atom. The van der Waals surface area contributed by atoms with E-state index in [0.717, 1.165) is 0 Å². The average molecular weight is 231 g/mol. The van der Waals surface area contributed by atoms with E-state index in [1.807, 2.05) is 0 Å². The highest BCUT2D eigenvalue weighted by atomic mass is 16.6. The molecule has 2 rings (SSSR count). The minimum absolute atomic E-state index is 0.121. The van der Waals surface area contributed by atoms with Crippen molar-refractivity contribution in [3.05, 3.63) is 64.8 Å². The van der Waals surface area contributed by atoms with E-state index in [9.17, 15) is 19.7 Å². The first kappa shape index (κ1) is 12.5. The number of benzene rings is 1. The molecule has 86 valence electrons. The minimum Gasteiger partial charge on any atom is -0.290 e. The lowest BCUT2D eigenvalue weighted by molar-refractivity contribution is -0.384. The van der Waals surface area contributed by atoms with Crippen LogP contribution in [0.3, 0.4) is 0 Å². The number of nitro benzene ring substituents is 1. The third kappa shape index (κ3) is 4.65. The van der Waals surface area contributed by atoms with Crippen LogP contribution in [0.4, 0.5) is 5.69 Å². The Bertz CT molecular complexity index is 450. The molecule has 0 fully saturated rings. The summed E-state index contributed by atoms with van der Waals surface area (Å²) in [6.07, 6.45) is 5.01. The van der Waals surface area contributed by atoms with Crippen molar-refractivity contribution in [1.82, 2.24) is 0 Å². The van der Waals surface area contributed by atoms with Gasteiger partial charge in [0.2, 0.25) is 0 Å². The van der Waals surface area contributed by atoms with Crippen LogP contribution in [0.2, 0.25) is 0 Å². The number of para-hydroxylation sites is 1. The standard InChI is InChI=1S/C6H5NO2.C6H4O2/c8-7(9)6-4-2-1-3-5-6;7-5-1-2-6(8)4-3-5/h1-5H;1-4H. The first-order valence-electron chi connectivity index (χ1n) is 4.73. The molecular weight excluding hydrogens is 222 g/mol. The Balaban J connectivity index is 0.000000171. The summed E-state index contributed by atoms with van der Waals surface area (Å²) in [5.74, 6) is -0.241. The van der Waals surface area contributed by atoms with Gasteiger partial charge in [0.15, 0.2) is 11.6 Å². The molecule has 0 radical (unpaired) electrons. The number of hydrogen-bond acceptors (Lipinski definition) is 4. The Hall–Kier alpha value is -2.56. The maximum atomic E-state index is 10.3. The maximum Gasteiger partial charge on any atom is 0.269 e. The van der Waals surface area contributed by atoms with Gasteiger partial charge in [-0.2, -0.15) is 0 Å². The number of nitrogens with zero attached hydrogens (tertiary/aromatic N) is 1. The minimum atomic E-state index is -0.417. The van der Waals surface area contributed by atoms with E-state index in [0.29, 0.717) is 0 Å². The quantitative estimate of drug-likeness (QED) is 0.419. The Morgan fingerprint density at radius 2 is 1.24 bits per heavy atom. The molecule has 0 aromatic heterocycles. The average Bonchev–Trinajstić information content (AvgIpc) is 2.35. The molecule has 1 aliphatic carbocycles. The summed E-state index contributed by atoms with van der Waals surface area (Å²) in [6.45, 7) is 0.